The van der Waals surface area contributed by atoms with Crippen molar-refractivity contribution in [1.29, 1.82) is 0 Å². The van der Waals surface area contributed by atoms with Gasteiger partial charge in [0.25, 0.3) is 0 Å². The molecule has 0 aliphatic heterocycles. The summed E-state index contributed by atoms with van der Waals surface area (Å²) >= 11 is 0. The standard InChI is InChI=1S/C12H13NO3/c1-3-5-8-16-12-7-6-10(4-2)9-11(12)13(14)15/h2,6-7,9H,3,5,8H2,1H3. The number of hydrogen-bond acceptors (Lipinski definition) is 3. The molecule has 1 aromatic rings. The third-order valence-corrected chi connectivity index (χ3v) is 2.08. The summed E-state index contributed by atoms with van der Waals surface area (Å²) in [4.78, 5) is 10.3. The third-order valence-electron chi connectivity index (χ3n) is 2.08. The topological polar surface area (TPSA) is 52.4 Å². The molecule has 4 nitrogen and oxygen atoms in total. The van der Waals surface area contributed by atoms with Gasteiger partial charge in [-0.1, -0.05) is 19.3 Å². The van der Waals surface area contributed by atoms with Crippen LogP contribution in [-0.2, 0) is 0 Å². The molecule has 0 aliphatic rings. The van der Waals surface area contributed by atoms with Crippen LogP contribution in [0.1, 0.15) is 25.3 Å². The van der Waals surface area contributed by atoms with Gasteiger partial charge in [-0.25, -0.2) is 0 Å². The zero-order valence-electron chi connectivity index (χ0n) is 9.10. The zero-order chi connectivity index (χ0) is 12.0. The number of rotatable bonds is 5. The fourth-order valence-corrected chi connectivity index (χ4v) is 1.20. The number of hydrogen-bond donors (Lipinski definition) is 0. The van der Waals surface area contributed by atoms with E-state index in [-0.39, 0.29) is 11.4 Å². The summed E-state index contributed by atoms with van der Waals surface area (Å²) in [5, 5.41) is 10.8. The van der Waals surface area contributed by atoms with Crippen LogP contribution in [0.3, 0.4) is 0 Å². The molecule has 1 aromatic carbocycles. The molecule has 84 valence electrons. The Morgan fingerprint density at radius 1 is 1.56 bits per heavy atom. The van der Waals surface area contributed by atoms with E-state index in [2.05, 4.69) is 5.92 Å². The van der Waals surface area contributed by atoms with E-state index >= 15 is 0 Å². The van der Waals surface area contributed by atoms with Gasteiger partial charge in [0.1, 0.15) is 0 Å². The Bertz CT molecular complexity index is 421. The molecular formula is C12H13NO3. The van der Waals surface area contributed by atoms with E-state index in [1.807, 2.05) is 6.92 Å². The van der Waals surface area contributed by atoms with Gasteiger partial charge >= 0.3 is 5.69 Å². The number of nitro groups is 1. The largest absolute Gasteiger partial charge is 0.487 e. The zero-order valence-corrected chi connectivity index (χ0v) is 9.10. The van der Waals surface area contributed by atoms with E-state index < -0.39 is 4.92 Å². The predicted octanol–water partition coefficient (Wildman–Crippen LogP) is 2.76. The average molecular weight is 219 g/mol. The average Bonchev–Trinajstić information content (AvgIpc) is 2.29. The lowest BCUT2D eigenvalue weighted by molar-refractivity contribution is -0.385. The Morgan fingerprint density at radius 2 is 2.31 bits per heavy atom. The molecule has 0 spiro atoms. The second kappa shape index (κ2) is 5.76. The number of terminal acetylenes is 1. The molecule has 0 saturated heterocycles. The van der Waals surface area contributed by atoms with E-state index in [9.17, 15) is 10.1 Å². The highest BCUT2D eigenvalue weighted by Gasteiger charge is 2.15. The van der Waals surface area contributed by atoms with Crippen LogP contribution in [0.4, 0.5) is 5.69 Å². The molecule has 0 radical (unpaired) electrons. The molecule has 0 unspecified atom stereocenters. The SMILES string of the molecule is C#Cc1ccc(OCCCC)c([N+](=O)[O-])c1. The van der Waals surface area contributed by atoms with Crippen molar-refractivity contribution < 1.29 is 9.66 Å². The van der Waals surface area contributed by atoms with Crippen molar-refractivity contribution in [3.63, 3.8) is 0 Å². The van der Waals surface area contributed by atoms with E-state index in [4.69, 9.17) is 11.2 Å². The molecular weight excluding hydrogens is 206 g/mol. The highest BCUT2D eigenvalue weighted by molar-refractivity contribution is 5.52. The van der Waals surface area contributed by atoms with Crippen molar-refractivity contribution in [2.24, 2.45) is 0 Å². The lowest BCUT2D eigenvalue weighted by Crippen LogP contribution is -2.00. The maximum absolute atomic E-state index is 10.8. The smallest absolute Gasteiger partial charge is 0.312 e. The minimum Gasteiger partial charge on any atom is -0.487 e. The van der Waals surface area contributed by atoms with Crippen LogP contribution >= 0.6 is 0 Å². The van der Waals surface area contributed by atoms with Gasteiger partial charge in [-0.3, -0.25) is 10.1 Å². The van der Waals surface area contributed by atoms with E-state index in [1.54, 1.807) is 12.1 Å². The van der Waals surface area contributed by atoms with Gasteiger partial charge in [0.15, 0.2) is 5.75 Å². The van der Waals surface area contributed by atoms with Crippen molar-refractivity contribution >= 4 is 5.69 Å². The number of ether oxygens (including phenoxy) is 1. The summed E-state index contributed by atoms with van der Waals surface area (Å²) in [6, 6.07) is 4.53. The van der Waals surface area contributed by atoms with Gasteiger partial charge < -0.3 is 4.74 Å². The van der Waals surface area contributed by atoms with Crippen LogP contribution in [0, 0.1) is 22.5 Å². The first kappa shape index (κ1) is 12.1. The van der Waals surface area contributed by atoms with Gasteiger partial charge in [-0.2, -0.15) is 0 Å². The first-order valence-electron chi connectivity index (χ1n) is 5.07. The molecule has 0 saturated carbocycles. The summed E-state index contributed by atoms with van der Waals surface area (Å²) in [6.45, 7) is 2.51. The van der Waals surface area contributed by atoms with Crippen LogP contribution in [0.2, 0.25) is 0 Å². The lowest BCUT2D eigenvalue weighted by Gasteiger charge is -2.05. The summed E-state index contributed by atoms with van der Waals surface area (Å²) in [7, 11) is 0. The molecule has 16 heavy (non-hydrogen) atoms. The quantitative estimate of drug-likeness (QED) is 0.331. The Labute approximate surface area is 94.4 Å². The molecule has 4 heteroatoms. The van der Waals surface area contributed by atoms with Crippen LogP contribution in [-0.4, -0.2) is 11.5 Å². The van der Waals surface area contributed by atoms with Gasteiger partial charge in [0, 0.05) is 11.6 Å². The van der Waals surface area contributed by atoms with Crippen molar-refractivity contribution in [2.45, 2.75) is 19.8 Å². The monoisotopic (exact) mass is 219 g/mol. The number of unbranched alkanes of at least 4 members (excludes halogenated alkanes) is 1. The van der Waals surface area contributed by atoms with E-state index in [0.29, 0.717) is 12.2 Å². The lowest BCUT2D eigenvalue weighted by atomic mass is 10.2. The molecule has 0 aromatic heterocycles. The minimum atomic E-state index is -0.484. The van der Waals surface area contributed by atoms with E-state index in [1.165, 1.54) is 6.07 Å². The van der Waals surface area contributed by atoms with Crippen LogP contribution in [0.5, 0.6) is 5.75 Å². The summed E-state index contributed by atoms with van der Waals surface area (Å²) in [5.41, 5.74) is 0.404. The summed E-state index contributed by atoms with van der Waals surface area (Å²) in [5.74, 6) is 2.63. The molecule has 0 bridgehead atoms. The maximum Gasteiger partial charge on any atom is 0.312 e. The first-order valence-corrected chi connectivity index (χ1v) is 5.07. The molecule has 0 atom stereocenters. The predicted molar refractivity (Wildman–Crippen MR) is 61.4 cm³/mol. The highest BCUT2D eigenvalue weighted by Crippen LogP contribution is 2.27. The van der Waals surface area contributed by atoms with Crippen molar-refractivity contribution in [3.8, 4) is 18.1 Å². The van der Waals surface area contributed by atoms with Gasteiger partial charge in [0.2, 0.25) is 0 Å². The second-order valence-corrected chi connectivity index (χ2v) is 3.29. The molecule has 0 heterocycles. The molecule has 0 N–H and O–H groups in total. The van der Waals surface area contributed by atoms with E-state index in [0.717, 1.165) is 12.8 Å². The number of nitrogens with zero attached hydrogens (tertiary/aromatic N) is 1. The highest BCUT2D eigenvalue weighted by atomic mass is 16.6. The third kappa shape index (κ3) is 2.99. The van der Waals surface area contributed by atoms with Gasteiger partial charge in [0.05, 0.1) is 11.5 Å². The first-order chi connectivity index (χ1) is 7.69. The fourth-order valence-electron chi connectivity index (χ4n) is 1.20. The minimum absolute atomic E-state index is 0.0773. The van der Waals surface area contributed by atoms with Gasteiger partial charge in [-0.05, 0) is 18.6 Å². The second-order valence-electron chi connectivity index (χ2n) is 3.29. The molecule has 1 rings (SSSR count). The Kier molecular flexibility index (Phi) is 4.34. The van der Waals surface area contributed by atoms with Gasteiger partial charge in [-0.15, -0.1) is 6.42 Å². The molecule has 0 amide bonds. The molecule has 0 aliphatic carbocycles. The Morgan fingerprint density at radius 3 is 2.88 bits per heavy atom. The van der Waals surface area contributed by atoms with Crippen LogP contribution in [0.25, 0.3) is 0 Å². The Balaban J connectivity index is 2.91. The fraction of sp³-hybridized carbons (Fsp3) is 0.333. The van der Waals surface area contributed by atoms with Crippen molar-refractivity contribution in [3.05, 3.63) is 33.9 Å². The van der Waals surface area contributed by atoms with Crippen molar-refractivity contribution in [2.75, 3.05) is 6.61 Å². The normalized spacial score (nSPS) is 9.50. The molecule has 0 fully saturated rings. The van der Waals surface area contributed by atoms with Crippen molar-refractivity contribution in [1.82, 2.24) is 0 Å². The van der Waals surface area contributed by atoms with Crippen LogP contribution in [0.15, 0.2) is 18.2 Å². The summed E-state index contributed by atoms with van der Waals surface area (Å²) in [6.07, 6.45) is 7.03. The number of nitro benzene ring substituents is 1. The summed E-state index contributed by atoms with van der Waals surface area (Å²) < 4.78 is 5.33. The van der Waals surface area contributed by atoms with Crippen LogP contribution < -0.4 is 4.74 Å². The maximum atomic E-state index is 10.8. The Hall–Kier alpha value is -2.02. The number of benzene rings is 1.